The molecule has 0 unspecified atom stereocenters. The van der Waals surface area contributed by atoms with E-state index in [9.17, 15) is 5.11 Å². The summed E-state index contributed by atoms with van der Waals surface area (Å²) in [6.07, 6.45) is 2.95. The molecule has 0 fully saturated rings. The molecule has 2 aromatic rings. The van der Waals surface area contributed by atoms with Gasteiger partial charge in [-0.1, -0.05) is 6.07 Å². The van der Waals surface area contributed by atoms with Crippen molar-refractivity contribution in [2.24, 2.45) is 0 Å². The summed E-state index contributed by atoms with van der Waals surface area (Å²) in [5.41, 5.74) is 3.47. The van der Waals surface area contributed by atoms with Gasteiger partial charge in [0.2, 0.25) is 0 Å². The molecule has 20 heavy (non-hydrogen) atoms. The Labute approximate surface area is 117 Å². The molecule has 0 radical (unpaired) electrons. The van der Waals surface area contributed by atoms with E-state index in [4.69, 9.17) is 10.00 Å². The molecule has 1 heterocycles. The number of aliphatic hydroxyl groups excluding tert-OH is 1. The highest BCUT2D eigenvalue weighted by molar-refractivity contribution is 5.40. The molecular weight excluding hydrogens is 252 g/mol. The Morgan fingerprint density at radius 1 is 1.35 bits per heavy atom. The molecule has 1 N–H and O–H groups in total. The molecule has 4 nitrogen and oxygen atoms in total. The first kappa shape index (κ1) is 12.6. The van der Waals surface area contributed by atoms with Crippen LogP contribution >= 0.6 is 0 Å². The molecule has 0 amide bonds. The van der Waals surface area contributed by atoms with Crippen molar-refractivity contribution in [2.75, 3.05) is 0 Å². The first-order chi connectivity index (χ1) is 9.76. The molecular formula is C16H14N2O2. The molecule has 4 heteroatoms. The number of rotatable bonds is 3. The van der Waals surface area contributed by atoms with Gasteiger partial charge in [0.25, 0.3) is 0 Å². The number of ether oxygens (including phenoxy) is 1. The molecule has 0 saturated heterocycles. The maximum atomic E-state index is 9.76. The van der Waals surface area contributed by atoms with Gasteiger partial charge in [0.1, 0.15) is 24.1 Å². The van der Waals surface area contributed by atoms with Gasteiger partial charge >= 0.3 is 0 Å². The van der Waals surface area contributed by atoms with Crippen LogP contribution in [0.1, 0.15) is 34.9 Å². The van der Waals surface area contributed by atoms with E-state index in [0.29, 0.717) is 12.3 Å². The van der Waals surface area contributed by atoms with E-state index in [-0.39, 0.29) is 6.10 Å². The molecule has 1 atom stereocenters. The molecule has 1 aliphatic carbocycles. The lowest BCUT2D eigenvalue weighted by Crippen LogP contribution is -1.98. The number of nitrogens with zero attached hydrogens (tertiary/aromatic N) is 2. The second-order valence-corrected chi connectivity index (χ2v) is 4.86. The van der Waals surface area contributed by atoms with Crippen LogP contribution in [-0.2, 0) is 13.0 Å². The number of pyridine rings is 1. The Hall–Kier alpha value is -2.38. The second kappa shape index (κ2) is 5.32. The topological polar surface area (TPSA) is 66.1 Å². The minimum absolute atomic E-state index is 0.336. The van der Waals surface area contributed by atoms with Crippen LogP contribution in [0.15, 0.2) is 36.5 Å². The molecule has 0 spiro atoms. The van der Waals surface area contributed by atoms with Crippen LogP contribution in [0.5, 0.6) is 5.75 Å². The van der Waals surface area contributed by atoms with E-state index in [1.54, 1.807) is 12.3 Å². The number of aromatic nitrogens is 1. The SMILES string of the molecule is N#Cc1cc(COc2ccc3c(c2)CC[C@H]3O)ccn1. The van der Waals surface area contributed by atoms with Crippen molar-refractivity contribution >= 4 is 0 Å². The van der Waals surface area contributed by atoms with E-state index in [1.165, 1.54) is 0 Å². The van der Waals surface area contributed by atoms with Crippen LogP contribution in [0, 0.1) is 11.3 Å². The highest BCUT2D eigenvalue weighted by Gasteiger charge is 2.20. The minimum atomic E-state index is -0.336. The number of aliphatic hydroxyl groups is 1. The molecule has 3 rings (SSSR count). The van der Waals surface area contributed by atoms with E-state index in [2.05, 4.69) is 4.98 Å². The second-order valence-electron chi connectivity index (χ2n) is 4.86. The Bertz CT molecular complexity index is 676. The molecule has 1 aliphatic rings. The molecule has 0 bridgehead atoms. The van der Waals surface area contributed by atoms with Gasteiger partial charge in [-0.05, 0) is 53.8 Å². The third kappa shape index (κ3) is 2.49. The molecule has 0 saturated carbocycles. The van der Waals surface area contributed by atoms with Gasteiger partial charge in [-0.15, -0.1) is 0 Å². The monoisotopic (exact) mass is 266 g/mol. The van der Waals surface area contributed by atoms with Crippen molar-refractivity contribution in [2.45, 2.75) is 25.6 Å². The summed E-state index contributed by atoms with van der Waals surface area (Å²) in [7, 11) is 0. The molecule has 1 aromatic carbocycles. The molecule has 0 aliphatic heterocycles. The number of benzene rings is 1. The Balaban J connectivity index is 1.71. The summed E-state index contributed by atoms with van der Waals surface area (Å²) in [5.74, 6) is 0.785. The summed E-state index contributed by atoms with van der Waals surface area (Å²) >= 11 is 0. The Kier molecular flexibility index (Phi) is 3.36. The third-order valence-electron chi connectivity index (χ3n) is 3.50. The lowest BCUT2D eigenvalue weighted by Gasteiger charge is -2.09. The van der Waals surface area contributed by atoms with Crippen molar-refractivity contribution < 1.29 is 9.84 Å². The van der Waals surface area contributed by atoms with Gasteiger partial charge in [0.05, 0.1) is 6.10 Å². The lowest BCUT2D eigenvalue weighted by atomic mass is 10.1. The molecule has 1 aromatic heterocycles. The van der Waals surface area contributed by atoms with Crippen molar-refractivity contribution in [3.8, 4) is 11.8 Å². The van der Waals surface area contributed by atoms with Crippen molar-refractivity contribution in [1.29, 1.82) is 5.26 Å². The van der Waals surface area contributed by atoms with Gasteiger partial charge in [0, 0.05) is 6.20 Å². The van der Waals surface area contributed by atoms with Crippen LogP contribution in [0.4, 0.5) is 0 Å². The van der Waals surface area contributed by atoms with Gasteiger partial charge in [0.15, 0.2) is 0 Å². The fraction of sp³-hybridized carbons (Fsp3) is 0.250. The predicted octanol–water partition coefficient (Wildman–Crippen LogP) is 2.51. The number of aryl methyl sites for hydroxylation is 1. The van der Waals surface area contributed by atoms with Crippen LogP contribution in [-0.4, -0.2) is 10.1 Å². The third-order valence-corrected chi connectivity index (χ3v) is 3.50. The van der Waals surface area contributed by atoms with E-state index in [0.717, 1.165) is 35.3 Å². The van der Waals surface area contributed by atoms with E-state index < -0.39 is 0 Å². The van der Waals surface area contributed by atoms with Crippen LogP contribution < -0.4 is 4.74 Å². The highest BCUT2D eigenvalue weighted by atomic mass is 16.5. The minimum Gasteiger partial charge on any atom is -0.489 e. The number of nitriles is 1. The van der Waals surface area contributed by atoms with Gasteiger partial charge in [-0.25, -0.2) is 4.98 Å². The van der Waals surface area contributed by atoms with Gasteiger partial charge in [-0.3, -0.25) is 0 Å². The normalized spacial score (nSPS) is 16.5. The summed E-state index contributed by atoms with van der Waals surface area (Å²) in [6.45, 7) is 0.401. The summed E-state index contributed by atoms with van der Waals surface area (Å²) in [6, 6.07) is 11.3. The fourth-order valence-electron chi connectivity index (χ4n) is 2.45. The van der Waals surface area contributed by atoms with Crippen LogP contribution in [0.3, 0.4) is 0 Å². The maximum Gasteiger partial charge on any atom is 0.140 e. The summed E-state index contributed by atoms with van der Waals surface area (Å²) in [5, 5.41) is 18.6. The maximum absolute atomic E-state index is 9.76. The first-order valence-corrected chi connectivity index (χ1v) is 6.55. The van der Waals surface area contributed by atoms with Crippen LogP contribution in [0.25, 0.3) is 0 Å². The first-order valence-electron chi connectivity index (χ1n) is 6.55. The lowest BCUT2D eigenvalue weighted by molar-refractivity contribution is 0.180. The average Bonchev–Trinajstić information content (AvgIpc) is 2.86. The zero-order chi connectivity index (χ0) is 13.9. The van der Waals surface area contributed by atoms with Crippen LogP contribution in [0.2, 0.25) is 0 Å². The largest absolute Gasteiger partial charge is 0.489 e. The van der Waals surface area contributed by atoms with Gasteiger partial charge in [-0.2, -0.15) is 5.26 Å². The zero-order valence-electron chi connectivity index (χ0n) is 10.9. The average molecular weight is 266 g/mol. The standard InChI is InChI=1S/C16H14N2O2/c17-9-13-7-11(5-6-18-13)10-20-14-2-3-15-12(8-14)1-4-16(15)19/h2-3,5-8,16,19H,1,4,10H2/t16-/m1/s1. The summed E-state index contributed by atoms with van der Waals surface area (Å²) < 4.78 is 5.73. The number of fused-ring (bicyclic) bond motifs is 1. The summed E-state index contributed by atoms with van der Waals surface area (Å²) in [4.78, 5) is 3.92. The predicted molar refractivity (Wildman–Crippen MR) is 73.0 cm³/mol. The zero-order valence-corrected chi connectivity index (χ0v) is 10.9. The van der Waals surface area contributed by atoms with E-state index >= 15 is 0 Å². The number of hydrogen-bond acceptors (Lipinski definition) is 4. The fourth-order valence-corrected chi connectivity index (χ4v) is 2.45. The molecule has 100 valence electrons. The number of hydrogen-bond donors (Lipinski definition) is 1. The van der Waals surface area contributed by atoms with Crippen molar-refractivity contribution in [3.05, 3.63) is 58.9 Å². The Morgan fingerprint density at radius 2 is 2.25 bits per heavy atom. The highest BCUT2D eigenvalue weighted by Crippen LogP contribution is 2.33. The van der Waals surface area contributed by atoms with E-state index in [1.807, 2.05) is 30.3 Å². The Morgan fingerprint density at radius 3 is 3.10 bits per heavy atom. The van der Waals surface area contributed by atoms with Crippen molar-refractivity contribution in [3.63, 3.8) is 0 Å². The van der Waals surface area contributed by atoms with Gasteiger partial charge < -0.3 is 9.84 Å². The quantitative estimate of drug-likeness (QED) is 0.927. The smallest absolute Gasteiger partial charge is 0.140 e. The van der Waals surface area contributed by atoms with Crippen molar-refractivity contribution in [1.82, 2.24) is 4.98 Å².